The molecule has 1 heterocycles. The number of esters is 1. The number of nitrogens with zero attached hydrogens (tertiary/aromatic N) is 1. The van der Waals surface area contributed by atoms with Gasteiger partial charge in [0.05, 0.1) is 6.61 Å². The van der Waals surface area contributed by atoms with Gasteiger partial charge in [-0.15, -0.1) is 11.8 Å². The summed E-state index contributed by atoms with van der Waals surface area (Å²) < 4.78 is 10.7. The van der Waals surface area contributed by atoms with Crippen LogP contribution in [0.4, 0.5) is 0 Å². The van der Waals surface area contributed by atoms with E-state index in [9.17, 15) is 9.59 Å². The van der Waals surface area contributed by atoms with Crippen LogP contribution < -0.4 is 0 Å². The van der Waals surface area contributed by atoms with Gasteiger partial charge in [-0.25, -0.2) is 4.79 Å². The summed E-state index contributed by atoms with van der Waals surface area (Å²) in [4.78, 5) is 26.7. The Morgan fingerprint density at radius 1 is 1.10 bits per heavy atom. The lowest BCUT2D eigenvalue weighted by molar-refractivity contribution is 0.0511. The Bertz CT molecular complexity index is 1080. The Kier molecular flexibility index (Phi) is 6.04. The molecule has 154 valence electrons. The highest BCUT2D eigenvalue weighted by Crippen LogP contribution is 2.39. The van der Waals surface area contributed by atoms with E-state index in [0.29, 0.717) is 12.2 Å². The molecule has 6 heteroatoms. The molecule has 1 saturated carbocycles. The molecule has 0 radical (unpaired) electrons. The van der Waals surface area contributed by atoms with Gasteiger partial charge in [0, 0.05) is 16.4 Å². The van der Waals surface area contributed by atoms with Crippen molar-refractivity contribution >= 4 is 23.5 Å². The molecule has 0 N–H and O–H groups in total. The van der Waals surface area contributed by atoms with Crippen molar-refractivity contribution in [1.82, 2.24) is 5.16 Å². The van der Waals surface area contributed by atoms with Gasteiger partial charge in [0.2, 0.25) is 5.69 Å². The minimum Gasteiger partial charge on any atom is -0.461 e. The first-order chi connectivity index (χ1) is 14.6. The van der Waals surface area contributed by atoms with E-state index in [2.05, 4.69) is 23.5 Å². The number of ether oxygens (including phenoxy) is 1. The molecule has 3 aromatic rings. The van der Waals surface area contributed by atoms with Crippen LogP contribution in [-0.4, -0.2) is 29.8 Å². The molecule has 1 fully saturated rings. The van der Waals surface area contributed by atoms with E-state index in [1.54, 1.807) is 18.7 Å². The summed E-state index contributed by atoms with van der Waals surface area (Å²) in [6.07, 6.45) is 4.39. The minimum absolute atomic E-state index is 0.0249. The van der Waals surface area contributed by atoms with Crippen molar-refractivity contribution in [3.8, 4) is 11.3 Å². The van der Waals surface area contributed by atoms with Gasteiger partial charge in [-0.05, 0) is 49.6 Å². The third-order valence-electron chi connectivity index (χ3n) is 5.19. The lowest BCUT2D eigenvalue weighted by Gasteiger charge is -2.11. The fraction of sp³-hybridized carbons (Fsp3) is 0.292. The Morgan fingerprint density at radius 3 is 2.50 bits per heavy atom. The van der Waals surface area contributed by atoms with Gasteiger partial charge < -0.3 is 9.26 Å². The lowest BCUT2D eigenvalue weighted by Crippen LogP contribution is -2.13. The third kappa shape index (κ3) is 4.05. The Labute approximate surface area is 179 Å². The summed E-state index contributed by atoms with van der Waals surface area (Å²) in [6.45, 7) is 1.93. The molecule has 2 aromatic carbocycles. The van der Waals surface area contributed by atoms with Crippen LogP contribution in [0.1, 0.15) is 51.7 Å². The predicted octanol–water partition coefficient (Wildman–Crippen LogP) is 5.42. The van der Waals surface area contributed by atoms with Crippen LogP contribution in [0.5, 0.6) is 0 Å². The number of thioether (sulfide) groups is 1. The number of carbonyl (C=O) groups excluding carboxylic acids is 2. The quantitative estimate of drug-likeness (QED) is 0.275. The zero-order chi connectivity index (χ0) is 21.1. The number of aromatic nitrogens is 1. The standard InChI is InChI=1S/C24H23NO4S/c1-3-28-24(27)21-20(22(26)15-12-13-15)23(29-25-21)18-10-6-4-8-16(18)14-17-9-5-7-11-19(17)30-2/h4-11,15H,3,12-14H2,1-2H3. The fourth-order valence-corrected chi connectivity index (χ4v) is 4.16. The molecule has 1 aliphatic carbocycles. The van der Waals surface area contributed by atoms with Crippen molar-refractivity contribution < 1.29 is 18.8 Å². The second-order valence-electron chi connectivity index (χ2n) is 7.24. The van der Waals surface area contributed by atoms with E-state index in [1.165, 1.54) is 10.5 Å². The van der Waals surface area contributed by atoms with Crippen molar-refractivity contribution in [3.63, 3.8) is 0 Å². The number of benzene rings is 2. The maximum absolute atomic E-state index is 13.1. The summed E-state index contributed by atoms with van der Waals surface area (Å²) in [5.41, 5.74) is 3.21. The van der Waals surface area contributed by atoms with E-state index < -0.39 is 5.97 Å². The van der Waals surface area contributed by atoms with Gasteiger partial charge in [0.1, 0.15) is 5.56 Å². The van der Waals surface area contributed by atoms with Crippen LogP contribution in [-0.2, 0) is 11.2 Å². The first-order valence-electron chi connectivity index (χ1n) is 10.0. The highest BCUT2D eigenvalue weighted by Gasteiger charge is 2.38. The second-order valence-corrected chi connectivity index (χ2v) is 8.09. The van der Waals surface area contributed by atoms with E-state index in [0.717, 1.165) is 24.0 Å². The molecular formula is C24H23NO4S. The third-order valence-corrected chi connectivity index (χ3v) is 6.03. The number of hydrogen-bond donors (Lipinski definition) is 0. The Morgan fingerprint density at radius 2 is 1.80 bits per heavy atom. The molecule has 0 bridgehead atoms. The molecule has 0 aliphatic heterocycles. The monoisotopic (exact) mass is 421 g/mol. The van der Waals surface area contributed by atoms with E-state index >= 15 is 0 Å². The summed E-state index contributed by atoms with van der Waals surface area (Å²) in [5, 5.41) is 3.95. The molecule has 0 saturated heterocycles. The van der Waals surface area contributed by atoms with Gasteiger partial charge in [-0.2, -0.15) is 0 Å². The van der Waals surface area contributed by atoms with Gasteiger partial charge in [0.25, 0.3) is 0 Å². The molecule has 1 aliphatic rings. The van der Waals surface area contributed by atoms with Crippen molar-refractivity contribution in [2.75, 3.05) is 12.9 Å². The van der Waals surface area contributed by atoms with Crippen LogP contribution in [0.3, 0.4) is 0 Å². The minimum atomic E-state index is -0.623. The van der Waals surface area contributed by atoms with Crippen LogP contribution >= 0.6 is 11.8 Å². The van der Waals surface area contributed by atoms with Gasteiger partial charge in [-0.1, -0.05) is 47.6 Å². The fourth-order valence-electron chi connectivity index (χ4n) is 3.54. The van der Waals surface area contributed by atoms with Crippen molar-refractivity contribution in [1.29, 1.82) is 0 Å². The SMILES string of the molecule is CCOC(=O)c1noc(-c2ccccc2Cc2ccccc2SC)c1C(=O)C1CC1. The summed E-state index contributed by atoms with van der Waals surface area (Å²) >= 11 is 1.70. The maximum Gasteiger partial charge on any atom is 0.361 e. The van der Waals surface area contributed by atoms with Gasteiger partial charge in [0.15, 0.2) is 11.5 Å². The predicted molar refractivity (Wildman–Crippen MR) is 116 cm³/mol. The summed E-state index contributed by atoms with van der Waals surface area (Å²) in [6, 6.07) is 16.0. The van der Waals surface area contributed by atoms with Crippen LogP contribution in [0.25, 0.3) is 11.3 Å². The number of carbonyl (C=O) groups is 2. The molecule has 0 spiro atoms. The Balaban J connectivity index is 1.79. The van der Waals surface area contributed by atoms with Crippen molar-refractivity contribution in [2.24, 2.45) is 5.92 Å². The highest BCUT2D eigenvalue weighted by molar-refractivity contribution is 7.98. The Hall–Kier alpha value is -2.86. The van der Waals surface area contributed by atoms with E-state index in [4.69, 9.17) is 9.26 Å². The summed E-state index contributed by atoms with van der Waals surface area (Å²) in [5.74, 6) is -0.428. The van der Waals surface area contributed by atoms with Gasteiger partial charge >= 0.3 is 5.97 Å². The summed E-state index contributed by atoms with van der Waals surface area (Å²) in [7, 11) is 0. The van der Waals surface area contributed by atoms with Crippen LogP contribution in [0.2, 0.25) is 0 Å². The van der Waals surface area contributed by atoms with Crippen molar-refractivity contribution in [2.45, 2.75) is 31.1 Å². The number of rotatable bonds is 8. The van der Waals surface area contributed by atoms with Crippen LogP contribution in [0, 0.1) is 5.92 Å². The largest absolute Gasteiger partial charge is 0.461 e. The first kappa shape index (κ1) is 20.4. The van der Waals surface area contributed by atoms with Gasteiger partial charge in [-0.3, -0.25) is 4.79 Å². The maximum atomic E-state index is 13.1. The zero-order valence-electron chi connectivity index (χ0n) is 17.0. The molecular weight excluding hydrogens is 398 g/mol. The lowest BCUT2D eigenvalue weighted by atomic mass is 9.94. The smallest absolute Gasteiger partial charge is 0.361 e. The molecule has 30 heavy (non-hydrogen) atoms. The molecule has 1 aromatic heterocycles. The molecule has 4 rings (SSSR count). The molecule has 0 unspecified atom stereocenters. The number of ketones is 1. The molecule has 0 amide bonds. The average molecular weight is 422 g/mol. The van der Waals surface area contributed by atoms with E-state index in [-0.39, 0.29) is 29.6 Å². The molecule has 5 nitrogen and oxygen atoms in total. The van der Waals surface area contributed by atoms with Crippen molar-refractivity contribution in [3.05, 3.63) is 70.9 Å². The topological polar surface area (TPSA) is 69.4 Å². The first-order valence-corrected chi connectivity index (χ1v) is 11.3. The average Bonchev–Trinajstić information content (AvgIpc) is 3.52. The second kappa shape index (κ2) is 8.88. The highest BCUT2D eigenvalue weighted by atomic mass is 32.2. The zero-order valence-corrected chi connectivity index (χ0v) is 17.8. The van der Waals surface area contributed by atoms with Crippen LogP contribution in [0.15, 0.2) is 57.9 Å². The normalized spacial score (nSPS) is 13.3. The number of Topliss-reactive ketones (excluding diaryl/α,β-unsaturated/α-hetero) is 1. The van der Waals surface area contributed by atoms with E-state index in [1.807, 2.05) is 36.4 Å². The number of hydrogen-bond acceptors (Lipinski definition) is 6. The molecule has 0 atom stereocenters.